The molecule has 2 rings (SSSR count). The van der Waals surface area contributed by atoms with Gasteiger partial charge in [0, 0.05) is 5.56 Å². The van der Waals surface area contributed by atoms with E-state index in [2.05, 4.69) is 58.3 Å². The zero-order chi connectivity index (χ0) is 11.9. The lowest BCUT2D eigenvalue weighted by atomic mass is 10.1. The second kappa shape index (κ2) is 6.24. The van der Waals surface area contributed by atoms with Gasteiger partial charge in [0.1, 0.15) is 0 Å². The minimum atomic E-state index is 0.0180. The Morgan fingerprint density at radius 1 is 1.12 bits per heavy atom. The van der Waals surface area contributed by atoms with Crippen molar-refractivity contribution in [2.24, 2.45) is 5.73 Å². The van der Waals surface area contributed by atoms with Gasteiger partial charge in [0.25, 0.3) is 0 Å². The molecule has 86 valence electrons. The molecule has 1 aromatic carbocycles. The van der Waals surface area contributed by atoms with Crippen LogP contribution in [0.2, 0.25) is 0 Å². The zero-order valence-electron chi connectivity index (χ0n) is 9.73. The molecule has 1 nitrogen and oxygen atoms in total. The second-order valence-electron chi connectivity index (χ2n) is 3.85. The van der Waals surface area contributed by atoms with Crippen LogP contribution in [-0.4, -0.2) is 6.54 Å². The quantitative estimate of drug-likeness (QED) is 0.649. The van der Waals surface area contributed by atoms with Crippen molar-refractivity contribution in [2.45, 2.75) is 12.8 Å². The van der Waals surface area contributed by atoms with E-state index in [1.807, 2.05) is 0 Å². The molecule has 1 heterocycles. The summed E-state index contributed by atoms with van der Waals surface area (Å²) in [4.78, 5) is 0. The Balaban J connectivity index is 2.11. The largest absolute Gasteiger partial charge is 0.330 e. The van der Waals surface area contributed by atoms with Crippen LogP contribution in [0.3, 0.4) is 0 Å². The fourth-order valence-corrected chi connectivity index (χ4v) is 2.58. The van der Waals surface area contributed by atoms with Gasteiger partial charge >= 0.3 is 0 Å². The predicted octanol–water partition coefficient (Wildman–Crippen LogP) is 3.18. The summed E-state index contributed by atoms with van der Waals surface area (Å²) in [7, 11) is 0.0180. The summed E-state index contributed by atoms with van der Waals surface area (Å²) >= 11 is 0. The molecule has 2 heteroatoms. The third-order valence-corrected chi connectivity index (χ3v) is 3.71. The van der Waals surface area contributed by atoms with Crippen molar-refractivity contribution in [3.05, 3.63) is 58.3 Å². The van der Waals surface area contributed by atoms with Gasteiger partial charge in [0.15, 0.2) is 16.0 Å². The standard InChI is InChI=1S/C15H16NS/c16-9-4-7-14-5-3-6-15(13-14)8-12-17-10-1-2-11-17/h1-3,5-6,10-11,13H,4,7,9,16H2/q+1. The Morgan fingerprint density at radius 3 is 2.71 bits per heavy atom. The van der Waals surface area contributed by atoms with E-state index < -0.39 is 0 Å². The summed E-state index contributed by atoms with van der Waals surface area (Å²) in [5.41, 5.74) is 7.93. The summed E-state index contributed by atoms with van der Waals surface area (Å²) in [6.07, 6.45) is 2.07. The predicted molar refractivity (Wildman–Crippen MR) is 75.0 cm³/mol. The van der Waals surface area contributed by atoms with Gasteiger partial charge in [-0.25, -0.2) is 0 Å². The van der Waals surface area contributed by atoms with Crippen molar-refractivity contribution < 1.29 is 0 Å². The van der Waals surface area contributed by atoms with E-state index in [4.69, 9.17) is 5.73 Å². The molecular formula is C15H16NS+. The van der Waals surface area contributed by atoms with Gasteiger partial charge in [-0.05, 0) is 55.1 Å². The normalized spacial score (nSPS) is 9.71. The molecule has 0 saturated heterocycles. The van der Waals surface area contributed by atoms with E-state index in [-0.39, 0.29) is 10.5 Å². The smallest absolute Gasteiger partial charge is 0.186 e. The van der Waals surface area contributed by atoms with Gasteiger partial charge in [-0.2, -0.15) is 0 Å². The topological polar surface area (TPSA) is 26.0 Å². The highest BCUT2D eigenvalue weighted by molar-refractivity contribution is 7.34. The molecule has 2 aromatic rings. The van der Waals surface area contributed by atoms with Crippen molar-refractivity contribution in [2.75, 3.05) is 6.54 Å². The minimum Gasteiger partial charge on any atom is -0.330 e. The maximum atomic E-state index is 5.51. The summed E-state index contributed by atoms with van der Waals surface area (Å²) in [6.45, 7) is 0.745. The lowest BCUT2D eigenvalue weighted by molar-refractivity contribution is 0.832. The number of thiophene rings is 1. The van der Waals surface area contributed by atoms with E-state index in [1.54, 1.807) is 0 Å². The minimum absolute atomic E-state index is 0.0180. The number of aryl methyl sites for hydroxylation is 1. The van der Waals surface area contributed by atoms with Crippen LogP contribution in [0.4, 0.5) is 0 Å². The van der Waals surface area contributed by atoms with Crippen molar-refractivity contribution in [3.63, 3.8) is 0 Å². The molecule has 0 radical (unpaired) electrons. The fraction of sp³-hybridized carbons (Fsp3) is 0.200. The highest BCUT2D eigenvalue weighted by Crippen LogP contribution is 2.14. The maximum absolute atomic E-state index is 5.51. The van der Waals surface area contributed by atoms with Crippen LogP contribution in [0, 0.1) is 11.2 Å². The van der Waals surface area contributed by atoms with E-state index in [0.29, 0.717) is 0 Å². The summed E-state index contributed by atoms with van der Waals surface area (Å²) in [5.74, 6) is 3.23. The Hall–Kier alpha value is -1.56. The van der Waals surface area contributed by atoms with Crippen LogP contribution in [0.5, 0.6) is 0 Å². The van der Waals surface area contributed by atoms with Crippen LogP contribution in [0.25, 0.3) is 0 Å². The van der Waals surface area contributed by atoms with Crippen LogP contribution >= 0.6 is 10.5 Å². The summed E-state index contributed by atoms with van der Waals surface area (Å²) in [6, 6.07) is 12.5. The van der Waals surface area contributed by atoms with E-state index in [1.165, 1.54) is 5.56 Å². The van der Waals surface area contributed by atoms with Crippen LogP contribution < -0.4 is 5.73 Å². The molecule has 0 amide bonds. The number of hydrogen-bond acceptors (Lipinski definition) is 1. The molecule has 2 N–H and O–H groups in total. The Morgan fingerprint density at radius 2 is 1.94 bits per heavy atom. The highest BCUT2D eigenvalue weighted by Gasteiger charge is 1.96. The number of benzene rings is 1. The molecule has 0 aliphatic rings. The maximum Gasteiger partial charge on any atom is 0.186 e. The van der Waals surface area contributed by atoms with Crippen molar-refractivity contribution in [3.8, 4) is 11.2 Å². The monoisotopic (exact) mass is 242 g/mol. The SMILES string of the molecule is NCCCc1cccc(C#C[s+]2cccc2)c1. The third-order valence-electron chi connectivity index (χ3n) is 2.47. The summed E-state index contributed by atoms with van der Waals surface area (Å²) in [5, 5.41) is 7.52. The van der Waals surface area contributed by atoms with Crippen molar-refractivity contribution in [1.29, 1.82) is 0 Å². The average molecular weight is 242 g/mol. The first kappa shape index (κ1) is 11.9. The van der Waals surface area contributed by atoms with Crippen molar-refractivity contribution >= 4 is 10.5 Å². The van der Waals surface area contributed by atoms with Crippen LogP contribution in [0.1, 0.15) is 17.5 Å². The zero-order valence-corrected chi connectivity index (χ0v) is 10.5. The first-order valence-electron chi connectivity index (χ1n) is 5.76. The lowest BCUT2D eigenvalue weighted by Crippen LogP contribution is -2.00. The average Bonchev–Trinajstić information content (AvgIpc) is 2.87. The van der Waals surface area contributed by atoms with Crippen LogP contribution in [0.15, 0.2) is 47.2 Å². The molecule has 0 bridgehead atoms. The molecule has 17 heavy (non-hydrogen) atoms. The molecule has 0 fully saturated rings. The fourth-order valence-electron chi connectivity index (χ4n) is 1.60. The Kier molecular flexibility index (Phi) is 4.37. The van der Waals surface area contributed by atoms with Gasteiger partial charge < -0.3 is 5.73 Å². The number of nitrogens with two attached hydrogens (primary N) is 1. The lowest BCUT2D eigenvalue weighted by Gasteiger charge is -1.99. The molecule has 1 aromatic heterocycles. The number of rotatable bonds is 3. The highest BCUT2D eigenvalue weighted by atomic mass is 32.2. The van der Waals surface area contributed by atoms with E-state index in [9.17, 15) is 0 Å². The summed E-state index contributed by atoms with van der Waals surface area (Å²) < 4.78 is 0. The Labute approximate surface area is 105 Å². The first-order valence-corrected chi connectivity index (χ1v) is 7.11. The first-order chi connectivity index (χ1) is 8.38. The molecular weight excluding hydrogens is 226 g/mol. The molecule has 0 aliphatic heterocycles. The van der Waals surface area contributed by atoms with Crippen molar-refractivity contribution in [1.82, 2.24) is 0 Å². The molecule has 0 spiro atoms. The van der Waals surface area contributed by atoms with Gasteiger partial charge in [0.05, 0.1) is 10.5 Å². The second-order valence-corrected chi connectivity index (χ2v) is 5.34. The number of hydrogen-bond donors (Lipinski definition) is 1. The Bertz CT molecular complexity index is 517. The van der Waals surface area contributed by atoms with Gasteiger partial charge in [-0.15, -0.1) is 0 Å². The van der Waals surface area contributed by atoms with Crippen LogP contribution in [-0.2, 0) is 6.42 Å². The van der Waals surface area contributed by atoms with E-state index in [0.717, 1.165) is 24.9 Å². The van der Waals surface area contributed by atoms with Gasteiger partial charge in [0.2, 0.25) is 0 Å². The van der Waals surface area contributed by atoms with Gasteiger partial charge in [-0.3, -0.25) is 0 Å². The molecule has 0 atom stereocenters. The van der Waals surface area contributed by atoms with Gasteiger partial charge in [-0.1, -0.05) is 12.1 Å². The van der Waals surface area contributed by atoms with E-state index >= 15 is 0 Å². The molecule has 0 aliphatic carbocycles. The molecule has 0 unspecified atom stereocenters. The molecule has 0 saturated carbocycles. The third kappa shape index (κ3) is 3.74.